The number of hydrogen-bond donors (Lipinski definition) is 3. The molecule has 144 valence electrons. The van der Waals surface area contributed by atoms with Crippen LogP contribution in [0, 0.1) is 0 Å². The van der Waals surface area contributed by atoms with Crippen molar-refractivity contribution in [3.8, 4) is 11.4 Å². The monoisotopic (exact) mass is 374 g/mol. The second-order valence-corrected chi connectivity index (χ2v) is 8.08. The third-order valence-electron chi connectivity index (χ3n) is 5.85. The number of aromatic nitrogens is 4. The van der Waals surface area contributed by atoms with Crippen molar-refractivity contribution < 1.29 is 0 Å². The Bertz CT molecular complexity index is 1150. The predicted octanol–water partition coefficient (Wildman–Crippen LogP) is 4.05. The van der Waals surface area contributed by atoms with E-state index in [4.69, 9.17) is 10.8 Å². The van der Waals surface area contributed by atoms with E-state index < -0.39 is 0 Å². The molecule has 3 aromatic heterocycles. The molecular formula is C22H26N6. The minimum Gasteiger partial charge on any atom is -0.382 e. The molecular weight excluding hydrogens is 348 g/mol. The highest BCUT2D eigenvalue weighted by atomic mass is 15.3. The Labute approximate surface area is 164 Å². The van der Waals surface area contributed by atoms with Gasteiger partial charge in [-0.3, -0.25) is 0 Å². The number of nitrogens with zero attached hydrogens (tertiary/aromatic N) is 3. The lowest BCUT2D eigenvalue weighted by Gasteiger charge is -2.23. The fourth-order valence-electron chi connectivity index (χ4n) is 4.47. The van der Waals surface area contributed by atoms with Gasteiger partial charge < -0.3 is 16.0 Å². The highest BCUT2D eigenvalue weighted by Gasteiger charge is 2.20. The molecule has 0 spiro atoms. The van der Waals surface area contributed by atoms with E-state index in [0.717, 1.165) is 30.1 Å². The van der Waals surface area contributed by atoms with Gasteiger partial charge in [0, 0.05) is 10.9 Å². The van der Waals surface area contributed by atoms with Gasteiger partial charge in [0.25, 0.3) is 0 Å². The molecule has 0 radical (unpaired) electrons. The average molecular weight is 374 g/mol. The van der Waals surface area contributed by atoms with Gasteiger partial charge in [0.15, 0.2) is 5.65 Å². The van der Waals surface area contributed by atoms with E-state index in [-0.39, 0.29) is 0 Å². The Morgan fingerprint density at radius 3 is 2.75 bits per heavy atom. The first-order valence-corrected chi connectivity index (χ1v) is 10.1. The smallest absolute Gasteiger partial charge is 0.156 e. The van der Waals surface area contributed by atoms with Crippen LogP contribution < -0.4 is 11.1 Å². The van der Waals surface area contributed by atoms with Gasteiger partial charge in [-0.25, -0.2) is 9.50 Å². The third kappa shape index (κ3) is 2.85. The standard InChI is InChI=1S/C22H26N6/c1-13(2)21-16-11-15(14-7-9-24-10-8-14)3-4-17(16)25-22(21)18-5-6-20-26-19(23)12-28(20)27-18/h3-6,11-14,24-25H,7-10,23H2,1-2H3. The van der Waals surface area contributed by atoms with Crippen molar-refractivity contribution >= 4 is 22.4 Å². The number of rotatable bonds is 3. The maximum Gasteiger partial charge on any atom is 0.156 e. The van der Waals surface area contributed by atoms with E-state index in [1.807, 2.05) is 12.1 Å². The second kappa shape index (κ2) is 6.63. The topological polar surface area (TPSA) is 84.0 Å². The predicted molar refractivity (Wildman–Crippen MR) is 114 cm³/mol. The van der Waals surface area contributed by atoms with Gasteiger partial charge in [-0.2, -0.15) is 5.10 Å². The number of aromatic amines is 1. The Morgan fingerprint density at radius 2 is 1.96 bits per heavy atom. The van der Waals surface area contributed by atoms with Crippen LogP contribution in [0.5, 0.6) is 0 Å². The van der Waals surface area contributed by atoms with E-state index in [1.54, 1.807) is 10.7 Å². The largest absolute Gasteiger partial charge is 0.382 e. The van der Waals surface area contributed by atoms with Crippen LogP contribution in [0.2, 0.25) is 0 Å². The van der Waals surface area contributed by atoms with E-state index in [9.17, 15) is 0 Å². The molecule has 1 aromatic carbocycles. The van der Waals surface area contributed by atoms with Crippen LogP contribution in [0.3, 0.4) is 0 Å². The lowest BCUT2D eigenvalue weighted by Crippen LogP contribution is -2.26. The van der Waals surface area contributed by atoms with Crippen molar-refractivity contribution in [1.82, 2.24) is 24.9 Å². The zero-order chi connectivity index (χ0) is 19.3. The number of piperidine rings is 1. The van der Waals surface area contributed by atoms with Crippen LogP contribution in [-0.2, 0) is 0 Å². The van der Waals surface area contributed by atoms with E-state index in [1.165, 1.54) is 34.9 Å². The lowest BCUT2D eigenvalue weighted by atomic mass is 9.88. The summed E-state index contributed by atoms with van der Waals surface area (Å²) in [4.78, 5) is 7.90. The summed E-state index contributed by atoms with van der Waals surface area (Å²) in [6.07, 6.45) is 4.17. The summed E-state index contributed by atoms with van der Waals surface area (Å²) in [6, 6.07) is 10.9. The molecule has 0 bridgehead atoms. The van der Waals surface area contributed by atoms with Crippen molar-refractivity contribution in [3.05, 3.63) is 47.7 Å². The van der Waals surface area contributed by atoms with Crippen LogP contribution in [-0.4, -0.2) is 32.7 Å². The van der Waals surface area contributed by atoms with Crippen LogP contribution in [0.4, 0.5) is 5.82 Å². The van der Waals surface area contributed by atoms with Gasteiger partial charge in [-0.1, -0.05) is 19.9 Å². The highest BCUT2D eigenvalue weighted by Crippen LogP contribution is 2.37. The van der Waals surface area contributed by atoms with Gasteiger partial charge >= 0.3 is 0 Å². The first kappa shape index (κ1) is 17.3. The summed E-state index contributed by atoms with van der Waals surface area (Å²) in [5.41, 5.74) is 12.5. The van der Waals surface area contributed by atoms with E-state index in [2.05, 4.69) is 47.3 Å². The van der Waals surface area contributed by atoms with Crippen LogP contribution >= 0.6 is 0 Å². The lowest BCUT2D eigenvalue weighted by molar-refractivity contribution is 0.460. The zero-order valence-electron chi connectivity index (χ0n) is 16.4. The Hall–Kier alpha value is -2.86. The Balaban J connectivity index is 1.66. The number of anilines is 1. The first-order chi connectivity index (χ1) is 13.6. The molecule has 0 unspecified atom stereocenters. The summed E-state index contributed by atoms with van der Waals surface area (Å²) in [6.45, 7) is 6.71. The molecule has 0 amide bonds. The molecule has 6 heteroatoms. The molecule has 0 aliphatic carbocycles. The number of imidazole rings is 1. The summed E-state index contributed by atoms with van der Waals surface area (Å²) in [7, 11) is 0. The first-order valence-electron chi connectivity index (χ1n) is 10.1. The van der Waals surface area contributed by atoms with Gasteiger partial charge in [0.2, 0.25) is 0 Å². The summed E-state index contributed by atoms with van der Waals surface area (Å²) >= 11 is 0. The van der Waals surface area contributed by atoms with Gasteiger partial charge in [0.1, 0.15) is 11.5 Å². The number of benzene rings is 1. The fraction of sp³-hybridized carbons (Fsp3) is 0.364. The summed E-state index contributed by atoms with van der Waals surface area (Å²) in [5.74, 6) is 1.52. The number of nitrogen functional groups attached to an aromatic ring is 1. The molecule has 4 aromatic rings. The summed E-state index contributed by atoms with van der Waals surface area (Å²) < 4.78 is 1.75. The van der Waals surface area contributed by atoms with Gasteiger partial charge in [0.05, 0.1) is 11.9 Å². The zero-order valence-corrected chi connectivity index (χ0v) is 16.4. The van der Waals surface area contributed by atoms with Crippen molar-refractivity contribution in [2.75, 3.05) is 18.8 Å². The highest BCUT2D eigenvalue weighted by molar-refractivity contribution is 5.91. The van der Waals surface area contributed by atoms with Gasteiger partial charge in [-0.15, -0.1) is 0 Å². The molecule has 1 saturated heterocycles. The maximum atomic E-state index is 5.82. The Morgan fingerprint density at radius 1 is 1.14 bits per heavy atom. The van der Waals surface area contributed by atoms with Crippen molar-refractivity contribution in [2.45, 2.75) is 38.5 Å². The van der Waals surface area contributed by atoms with Crippen LogP contribution in [0.15, 0.2) is 36.5 Å². The van der Waals surface area contributed by atoms with Crippen molar-refractivity contribution in [1.29, 1.82) is 0 Å². The molecule has 0 saturated carbocycles. The molecule has 1 aliphatic heterocycles. The molecule has 6 nitrogen and oxygen atoms in total. The Kier molecular flexibility index (Phi) is 4.09. The van der Waals surface area contributed by atoms with Crippen LogP contribution in [0.25, 0.3) is 27.9 Å². The normalized spacial score (nSPS) is 15.8. The molecule has 1 fully saturated rings. The summed E-state index contributed by atoms with van der Waals surface area (Å²) in [5, 5.41) is 9.53. The number of hydrogen-bond acceptors (Lipinski definition) is 4. The molecule has 28 heavy (non-hydrogen) atoms. The molecule has 4 heterocycles. The van der Waals surface area contributed by atoms with Crippen LogP contribution in [0.1, 0.15) is 49.7 Å². The fourth-order valence-corrected chi connectivity index (χ4v) is 4.47. The average Bonchev–Trinajstić information content (AvgIpc) is 3.26. The molecule has 1 aliphatic rings. The van der Waals surface area contributed by atoms with E-state index in [0.29, 0.717) is 17.7 Å². The molecule has 5 rings (SSSR count). The molecule has 4 N–H and O–H groups in total. The van der Waals surface area contributed by atoms with E-state index >= 15 is 0 Å². The third-order valence-corrected chi connectivity index (χ3v) is 5.85. The minimum atomic E-state index is 0.386. The quantitative estimate of drug-likeness (QED) is 0.505. The number of H-pyrrole nitrogens is 1. The SMILES string of the molecule is CC(C)c1c(-c2ccc3nc(N)cn3n2)[nH]c2ccc(C3CCNCC3)cc12. The second-order valence-electron chi connectivity index (χ2n) is 8.08. The number of nitrogens with one attached hydrogen (secondary N) is 2. The van der Waals surface area contributed by atoms with Crippen molar-refractivity contribution in [3.63, 3.8) is 0 Å². The minimum absolute atomic E-state index is 0.386. The number of fused-ring (bicyclic) bond motifs is 2. The molecule has 0 atom stereocenters. The number of nitrogens with two attached hydrogens (primary N) is 1. The van der Waals surface area contributed by atoms with Crippen molar-refractivity contribution in [2.24, 2.45) is 0 Å². The van der Waals surface area contributed by atoms with Gasteiger partial charge in [-0.05, 0) is 73.2 Å². The maximum absolute atomic E-state index is 5.82.